The van der Waals surface area contributed by atoms with Crippen molar-refractivity contribution in [2.45, 2.75) is 83.1 Å². The van der Waals surface area contributed by atoms with Gasteiger partial charge in [-0.3, -0.25) is 0 Å². The summed E-state index contributed by atoms with van der Waals surface area (Å²) in [6.07, 6.45) is 17.6. The van der Waals surface area contributed by atoms with Gasteiger partial charge in [0.25, 0.3) is 0 Å². The van der Waals surface area contributed by atoms with Gasteiger partial charge < -0.3 is 5.73 Å². The summed E-state index contributed by atoms with van der Waals surface area (Å²) in [4.78, 5) is 0. The van der Waals surface area contributed by atoms with Crippen LogP contribution in [0.5, 0.6) is 0 Å². The maximum atomic E-state index is 6.09. The number of benzene rings is 1. The van der Waals surface area contributed by atoms with Crippen LogP contribution in [0.3, 0.4) is 0 Å². The molecule has 1 saturated carbocycles. The van der Waals surface area contributed by atoms with E-state index < -0.39 is 0 Å². The quantitative estimate of drug-likeness (QED) is 0.543. The predicted octanol–water partition coefficient (Wildman–Crippen LogP) is 5.52. The zero-order valence-electron chi connectivity index (χ0n) is 14.8. The average Bonchev–Trinajstić information content (AvgIpc) is 3.00. The van der Waals surface area contributed by atoms with Crippen molar-refractivity contribution in [1.82, 2.24) is 0 Å². The van der Waals surface area contributed by atoms with Gasteiger partial charge in [0.15, 0.2) is 0 Å². The van der Waals surface area contributed by atoms with Crippen LogP contribution in [-0.2, 0) is 12.8 Å². The molecule has 1 aromatic rings. The molecule has 2 N–H and O–H groups in total. The van der Waals surface area contributed by atoms with E-state index in [0.29, 0.717) is 6.04 Å². The molecule has 2 aliphatic rings. The first-order valence-electron chi connectivity index (χ1n) is 9.74. The zero-order chi connectivity index (χ0) is 16.1. The summed E-state index contributed by atoms with van der Waals surface area (Å²) in [5, 5.41) is 0. The first-order chi connectivity index (χ1) is 11.3. The summed E-state index contributed by atoms with van der Waals surface area (Å²) >= 11 is 0. The standard InChI is InChI=1S/C22H33N/c1-2-3-4-5-6-7-17-8-9-19-15-20(11-10-18(19)14-17)21-12-13-22(23)16-21/h2-3,10-11,15,17,21-22H,4-9,12-14,16,23H2,1H3/b3-2+. The lowest BCUT2D eigenvalue weighted by Crippen LogP contribution is -2.16. The molecule has 0 aliphatic heterocycles. The van der Waals surface area contributed by atoms with Gasteiger partial charge >= 0.3 is 0 Å². The molecule has 1 aromatic carbocycles. The molecule has 23 heavy (non-hydrogen) atoms. The lowest BCUT2D eigenvalue weighted by molar-refractivity contribution is 0.409. The van der Waals surface area contributed by atoms with Gasteiger partial charge in [0, 0.05) is 6.04 Å². The van der Waals surface area contributed by atoms with Crippen molar-refractivity contribution in [1.29, 1.82) is 0 Å². The molecule has 2 aliphatic carbocycles. The lowest BCUT2D eigenvalue weighted by atomic mass is 9.80. The molecular formula is C22H33N. The highest BCUT2D eigenvalue weighted by molar-refractivity contribution is 5.36. The molecule has 0 spiro atoms. The molecule has 0 saturated heterocycles. The van der Waals surface area contributed by atoms with Crippen LogP contribution in [-0.4, -0.2) is 6.04 Å². The highest BCUT2D eigenvalue weighted by Gasteiger charge is 2.25. The minimum Gasteiger partial charge on any atom is -0.328 e. The largest absolute Gasteiger partial charge is 0.328 e. The van der Waals surface area contributed by atoms with Crippen molar-refractivity contribution in [2.75, 3.05) is 0 Å². The van der Waals surface area contributed by atoms with E-state index in [9.17, 15) is 0 Å². The fourth-order valence-electron chi connectivity index (χ4n) is 4.53. The molecule has 0 bridgehead atoms. The Hall–Kier alpha value is -1.08. The van der Waals surface area contributed by atoms with E-state index in [1.165, 1.54) is 64.2 Å². The van der Waals surface area contributed by atoms with Gasteiger partial charge in [0.1, 0.15) is 0 Å². The van der Waals surface area contributed by atoms with E-state index in [1.807, 2.05) is 0 Å². The van der Waals surface area contributed by atoms with Crippen molar-refractivity contribution in [2.24, 2.45) is 11.7 Å². The maximum absolute atomic E-state index is 6.09. The van der Waals surface area contributed by atoms with Gasteiger partial charge in [-0.05, 0) is 86.8 Å². The molecule has 0 heterocycles. The molecule has 1 fully saturated rings. The van der Waals surface area contributed by atoms with Crippen LogP contribution < -0.4 is 5.73 Å². The van der Waals surface area contributed by atoms with E-state index in [1.54, 1.807) is 16.7 Å². The van der Waals surface area contributed by atoms with E-state index in [2.05, 4.69) is 37.3 Å². The molecule has 126 valence electrons. The average molecular weight is 312 g/mol. The van der Waals surface area contributed by atoms with Crippen molar-refractivity contribution in [3.05, 3.63) is 47.0 Å². The Labute approximate surface area is 142 Å². The highest BCUT2D eigenvalue weighted by atomic mass is 14.6. The number of allylic oxidation sites excluding steroid dienone is 2. The number of aryl methyl sites for hydroxylation is 1. The minimum atomic E-state index is 0.433. The van der Waals surface area contributed by atoms with Crippen molar-refractivity contribution in [3.63, 3.8) is 0 Å². The van der Waals surface area contributed by atoms with E-state index in [4.69, 9.17) is 5.73 Å². The number of fused-ring (bicyclic) bond motifs is 1. The number of hydrogen-bond acceptors (Lipinski definition) is 1. The van der Waals surface area contributed by atoms with Crippen LogP contribution in [0.15, 0.2) is 30.4 Å². The van der Waals surface area contributed by atoms with Crippen LogP contribution >= 0.6 is 0 Å². The smallest absolute Gasteiger partial charge is 0.00448 e. The predicted molar refractivity (Wildman–Crippen MR) is 99.8 cm³/mol. The van der Waals surface area contributed by atoms with Crippen LogP contribution in [0.25, 0.3) is 0 Å². The lowest BCUT2D eigenvalue weighted by Gasteiger charge is -2.26. The molecule has 3 rings (SSSR count). The SMILES string of the molecule is C/C=C/CCCCC1CCc2cc(C3CCC(N)C3)ccc2C1. The molecule has 1 nitrogen and oxygen atoms in total. The van der Waals surface area contributed by atoms with Gasteiger partial charge in [0.2, 0.25) is 0 Å². The molecule has 0 amide bonds. The summed E-state index contributed by atoms with van der Waals surface area (Å²) in [5.41, 5.74) is 10.9. The monoisotopic (exact) mass is 311 g/mol. The Balaban J connectivity index is 1.53. The first-order valence-corrected chi connectivity index (χ1v) is 9.74. The number of nitrogens with two attached hydrogens (primary N) is 1. The number of rotatable bonds is 6. The molecule has 1 heteroatoms. The van der Waals surface area contributed by atoms with Gasteiger partial charge in [-0.1, -0.05) is 43.2 Å². The summed E-state index contributed by atoms with van der Waals surface area (Å²) in [6.45, 7) is 2.12. The first kappa shape index (κ1) is 16.8. The fraction of sp³-hybridized carbons (Fsp3) is 0.636. The third-order valence-corrected chi connectivity index (χ3v) is 5.97. The highest BCUT2D eigenvalue weighted by Crippen LogP contribution is 2.36. The minimum absolute atomic E-state index is 0.433. The summed E-state index contributed by atoms with van der Waals surface area (Å²) in [7, 11) is 0. The zero-order valence-corrected chi connectivity index (χ0v) is 14.8. The second-order valence-electron chi connectivity index (χ2n) is 7.76. The third-order valence-electron chi connectivity index (χ3n) is 5.97. The Kier molecular flexibility index (Phi) is 5.94. The van der Waals surface area contributed by atoms with Crippen LogP contribution in [0, 0.1) is 5.92 Å². The Morgan fingerprint density at radius 2 is 2.04 bits per heavy atom. The molecule has 0 radical (unpaired) electrons. The van der Waals surface area contributed by atoms with E-state index in [-0.39, 0.29) is 0 Å². The van der Waals surface area contributed by atoms with E-state index in [0.717, 1.165) is 11.8 Å². The van der Waals surface area contributed by atoms with Crippen molar-refractivity contribution in [3.8, 4) is 0 Å². The van der Waals surface area contributed by atoms with Gasteiger partial charge in [-0.15, -0.1) is 0 Å². The van der Waals surface area contributed by atoms with Gasteiger partial charge in [-0.25, -0.2) is 0 Å². The topological polar surface area (TPSA) is 26.0 Å². The molecule has 0 aromatic heterocycles. The second kappa shape index (κ2) is 8.15. The summed E-state index contributed by atoms with van der Waals surface area (Å²) in [6, 6.07) is 7.78. The second-order valence-corrected chi connectivity index (χ2v) is 7.76. The number of unbranched alkanes of at least 4 members (excludes halogenated alkanes) is 2. The summed E-state index contributed by atoms with van der Waals surface area (Å²) in [5.74, 6) is 1.64. The normalized spacial score (nSPS) is 27.5. The van der Waals surface area contributed by atoms with Crippen LogP contribution in [0.4, 0.5) is 0 Å². The molecule has 3 unspecified atom stereocenters. The Morgan fingerprint density at radius 1 is 1.13 bits per heavy atom. The molecular weight excluding hydrogens is 278 g/mol. The third kappa shape index (κ3) is 4.47. The van der Waals surface area contributed by atoms with Crippen LogP contribution in [0.1, 0.15) is 80.9 Å². The number of hydrogen-bond donors (Lipinski definition) is 1. The van der Waals surface area contributed by atoms with Crippen molar-refractivity contribution < 1.29 is 0 Å². The van der Waals surface area contributed by atoms with Crippen LogP contribution in [0.2, 0.25) is 0 Å². The maximum Gasteiger partial charge on any atom is 0.00448 e. The van der Waals surface area contributed by atoms with Gasteiger partial charge in [-0.2, -0.15) is 0 Å². The van der Waals surface area contributed by atoms with Gasteiger partial charge in [0.05, 0.1) is 0 Å². The Bertz CT molecular complexity index is 531. The fourth-order valence-corrected chi connectivity index (χ4v) is 4.53. The summed E-state index contributed by atoms with van der Waals surface area (Å²) < 4.78 is 0. The molecule has 3 atom stereocenters. The Morgan fingerprint density at radius 3 is 2.83 bits per heavy atom. The van der Waals surface area contributed by atoms with E-state index >= 15 is 0 Å². The van der Waals surface area contributed by atoms with Crippen molar-refractivity contribution >= 4 is 0 Å².